The zero-order valence-electron chi connectivity index (χ0n) is 15.9. The molecule has 3 rings (SSSR count). The molecule has 2 aromatic carbocycles. The number of aryl methyl sites for hydroxylation is 1. The van der Waals surface area contributed by atoms with Crippen LogP contribution >= 0.6 is 0 Å². The van der Waals surface area contributed by atoms with Crippen LogP contribution in [0.2, 0.25) is 0 Å². The van der Waals surface area contributed by atoms with Gasteiger partial charge in [-0.25, -0.2) is 0 Å². The van der Waals surface area contributed by atoms with Gasteiger partial charge in [0, 0.05) is 12.1 Å². The van der Waals surface area contributed by atoms with Gasteiger partial charge in [0.25, 0.3) is 5.89 Å². The summed E-state index contributed by atoms with van der Waals surface area (Å²) in [6.45, 7) is 5.83. The molecule has 0 saturated carbocycles. The minimum Gasteiger partial charge on any atom is -0.496 e. The van der Waals surface area contributed by atoms with Gasteiger partial charge in [-0.3, -0.25) is 0 Å². The first kappa shape index (κ1) is 18.7. The number of nitrogens with two attached hydrogens (primary N) is 1. The zero-order chi connectivity index (χ0) is 19.6. The number of anilines is 2. The fourth-order valence-corrected chi connectivity index (χ4v) is 2.61. The molecule has 0 aliphatic heterocycles. The topological polar surface area (TPSA) is 106 Å². The fraction of sp³-hybridized carbons (Fsp3) is 0.300. The Morgan fingerprint density at radius 3 is 2.67 bits per heavy atom. The van der Waals surface area contributed by atoms with Crippen molar-refractivity contribution in [2.75, 3.05) is 24.7 Å². The van der Waals surface area contributed by atoms with E-state index in [9.17, 15) is 5.11 Å². The normalized spacial score (nSPS) is 11.4. The van der Waals surface area contributed by atoms with Crippen molar-refractivity contribution >= 4 is 11.4 Å². The van der Waals surface area contributed by atoms with Gasteiger partial charge >= 0.3 is 0 Å². The molecule has 0 radical (unpaired) electrons. The highest BCUT2D eigenvalue weighted by atomic mass is 16.5. The summed E-state index contributed by atoms with van der Waals surface area (Å²) in [6, 6.07) is 11.2. The number of nitrogens with one attached hydrogen (secondary N) is 1. The van der Waals surface area contributed by atoms with Crippen LogP contribution < -0.4 is 15.8 Å². The number of aromatic nitrogens is 2. The number of ether oxygens (including phenoxy) is 1. The predicted molar refractivity (Wildman–Crippen MR) is 106 cm³/mol. The largest absolute Gasteiger partial charge is 0.496 e. The molecule has 0 spiro atoms. The van der Waals surface area contributed by atoms with Crippen molar-refractivity contribution in [1.29, 1.82) is 0 Å². The van der Waals surface area contributed by atoms with E-state index in [0.29, 0.717) is 35.3 Å². The maximum Gasteiger partial charge on any atom is 0.258 e. The van der Waals surface area contributed by atoms with Crippen molar-refractivity contribution in [1.82, 2.24) is 10.1 Å². The lowest BCUT2D eigenvalue weighted by Gasteiger charge is -2.19. The number of aliphatic hydroxyl groups is 1. The van der Waals surface area contributed by atoms with E-state index in [1.807, 2.05) is 37.3 Å². The second-order valence-corrected chi connectivity index (χ2v) is 7.09. The van der Waals surface area contributed by atoms with Crippen molar-refractivity contribution in [3.63, 3.8) is 0 Å². The van der Waals surface area contributed by atoms with E-state index in [0.717, 1.165) is 16.8 Å². The molecule has 0 aliphatic rings. The Balaban J connectivity index is 1.87. The van der Waals surface area contributed by atoms with Crippen LogP contribution in [0.5, 0.6) is 5.75 Å². The molecule has 1 heterocycles. The Bertz CT molecular complexity index is 945. The number of nitrogen functional groups attached to an aromatic ring is 1. The molecular weight excluding hydrogens is 344 g/mol. The van der Waals surface area contributed by atoms with Crippen molar-refractivity contribution in [2.45, 2.75) is 26.4 Å². The Kier molecular flexibility index (Phi) is 5.05. The third kappa shape index (κ3) is 4.38. The highest BCUT2D eigenvalue weighted by Gasteiger charge is 2.16. The molecular formula is C20H24N4O3. The lowest BCUT2D eigenvalue weighted by atomic mass is 10.1. The Morgan fingerprint density at radius 1 is 1.22 bits per heavy atom. The zero-order valence-corrected chi connectivity index (χ0v) is 15.9. The smallest absolute Gasteiger partial charge is 0.258 e. The van der Waals surface area contributed by atoms with Gasteiger partial charge in [0.05, 0.1) is 29.6 Å². The van der Waals surface area contributed by atoms with Gasteiger partial charge < -0.3 is 25.4 Å². The third-order valence-electron chi connectivity index (χ3n) is 4.03. The van der Waals surface area contributed by atoms with Crippen LogP contribution in [0.4, 0.5) is 11.4 Å². The molecule has 0 saturated heterocycles. The average molecular weight is 368 g/mol. The van der Waals surface area contributed by atoms with Gasteiger partial charge in [-0.15, -0.1) is 0 Å². The summed E-state index contributed by atoms with van der Waals surface area (Å²) < 4.78 is 10.8. The fourth-order valence-electron chi connectivity index (χ4n) is 2.61. The van der Waals surface area contributed by atoms with Crippen LogP contribution in [0.25, 0.3) is 22.8 Å². The van der Waals surface area contributed by atoms with E-state index >= 15 is 0 Å². The number of rotatable bonds is 6. The summed E-state index contributed by atoms with van der Waals surface area (Å²) in [6.07, 6.45) is 0. The molecule has 27 heavy (non-hydrogen) atoms. The van der Waals surface area contributed by atoms with Gasteiger partial charge in [0.1, 0.15) is 5.75 Å². The van der Waals surface area contributed by atoms with E-state index in [-0.39, 0.29) is 0 Å². The van der Waals surface area contributed by atoms with Crippen molar-refractivity contribution in [3.8, 4) is 28.6 Å². The maximum absolute atomic E-state index is 9.83. The summed E-state index contributed by atoms with van der Waals surface area (Å²) in [5, 5.41) is 17.0. The van der Waals surface area contributed by atoms with Crippen LogP contribution in [0.15, 0.2) is 40.9 Å². The molecule has 0 aliphatic carbocycles. The molecule has 3 aromatic rings. The van der Waals surface area contributed by atoms with E-state index in [1.165, 1.54) is 0 Å². The minimum atomic E-state index is -0.834. The molecule has 142 valence electrons. The second-order valence-electron chi connectivity index (χ2n) is 7.09. The van der Waals surface area contributed by atoms with E-state index in [2.05, 4.69) is 15.5 Å². The number of hydrogen-bond acceptors (Lipinski definition) is 7. The number of hydrogen-bond donors (Lipinski definition) is 3. The Labute approximate surface area is 158 Å². The first-order chi connectivity index (χ1) is 12.8. The molecule has 7 nitrogen and oxygen atoms in total. The lowest BCUT2D eigenvalue weighted by Crippen LogP contribution is -2.29. The Hall–Kier alpha value is -3.06. The van der Waals surface area contributed by atoms with E-state index < -0.39 is 5.60 Å². The number of methoxy groups -OCH3 is 1. The number of benzene rings is 2. The maximum atomic E-state index is 9.83. The van der Waals surface area contributed by atoms with Gasteiger partial charge in [-0.2, -0.15) is 4.98 Å². The van der Waals surface area contributed by atoms with Gasteiger partial charge in [0.2, 0.25) is 5.82 Å². The quantitative estimate of drug-likeness (QED) is 0.572. The first-order valence-corrected chi connectivity index (χ1v) is 8.62. The molecule has 0 amide bonds. The predicted octanol–water partition coefficient (Wildman–Crippen LogP) is 3.49. The highest BCUT2D eigenvalue weighted by molar-refractivity contribution is 5.74. The van der Waals surface area contributed by atoms with E-state index in [4.69, 9.17) is 15.0 Å². The lowest BCUT2D eigenvalue weighted by molar-refractivity contribution is 0.0945. The Morgan fingerprint density at radius 2 is 2.00 bits per heavy atom. The summed E-state index contributed by atoms with van der Waals surface area (Å²) in [4.78, 5) is 4.48. The standard InChI is InChI=1S/C20H24N4O3/c1-12-5-8-17(26-4)14(9-12)18-23-19(27-24-18)13-6-7-16(15(21)10-13)22-11-20(2,3)25/h5-10,22,25H,11,21H2,1-4H3. The third-order valence-corrected chi connectivity index (χ3v) is 4.03. The van der Waals surface area contributed by atoms with Crippen LogP contribution in [-0.2, 0) is 0 Å². The van der Waals surface area contributed by atoms with Crippen molar-refractivity contribution in [3.05, 3.63) is 42.0 Å². The molecule has 0 unspecified atom stereocenters. The van der Waals surface area contributed by atoms with Crippen molar-refractivity contribution in [2.24, 2.45) is 0 Å². The van der Waals surface area contributed by atoms with Crippen molar-refractivity contribution < 1.29 is 14.4 Å². The van der Waals surface area contributed by atoms with Crippen LogP contribution in [0, 0.1) is 6.92 Å². The average Bonchev–Trinajstić information content (AvgIpc) is 3.09. The second kappa shape index (κ2) is 7.28. The molecule has 0 fully saturated rings. The monoisotopic (exact) mass is 368 g/mol. The summed E-state index contributed by atoms with van der Waals surface area (Å²) in [5.74, 6) is 1.50. The molecule has 4 N–H and O–H groups in total. The summed E-state index contributed by atoms with van der Waals surface area (Å²) in [7, 11) is 1.61. The van der Waals surface area contributed by atoms with Crippen LogP contribution in [0.3, 0.4) is 0 Å². The van der Waals surface area contributed by atoms with Gasteiger partial charge in [-0.1, -0.05) is 16.8 Å². The van der Waals surface area contributed by atoms with Crippen LogP contribution in [0.1, 0.15) is 19.4 Å². The van der Waals surface area contributed by atoms with Gasteiger partial charge in [0.15, 0.2) is 0 Å². The summed E-state index contributed by atoms with van der Waals surface area (Å²) in [5.41, 5.74) is 9.11. The van der Waals surface area contributed by atoms with Gasteiger partial charge in [-0.05, 0) is 51.1 Å². The van der Waals surface area contributed by atoms with E-state index in [1.54, 1.807) is 27.0 Å². The molecule has 0 atom stereocenters. The highest BCUT2D eigenvalue weighted by Crippen LogP contribution is 2.32. The number of nitrogens with zero attached hydrogens (tertiary/aromatic N) is 2. The minimum absolute atomic E-state index is 0.370. The SMILES string of the molecule is COc1ccc(C)cc1-c1noc(-c2ccc(NCC(C)(C)O)c(N)c2)n1. The van der Waals surface area contributed by atoms with Crippen LogP contribution in [-0.4, -0.2) is 34.5 Å². The molecule has 7 heteroatoms. The first-order valence-electron chi connectivity index (χ1n) is 8.62. The molecule has 0 bridgehead atoms. The summed E-state index contributed by atoms with van der Waals surface area (Å²) >= 11 is 0. The molecule has 1 aromatic heterocycles.